The second-order valence-electron chi connectivity index (χ2n) is 22.1. The highest BCUT2D eigenvalue weighted by molar-refractivity contribution is 8.00. The molecule has 9 aromatic rings. The smallest absolute Gasteiger partial charge is 0.395 e. The molecule has 0 aromatic carbocycles. The van der Waals surface area contributed by atoms with Crippen molar-refractivity contribution in [1.29, 1.82) is 0 Å². The van der Waals surface area contributed by atoms with E-state index < -0.39 is 120 Å². The zero-order valence-electron chi connectivity index (χ0n) is 63.4. The Morgan fingerprint density at radius 3 is 1.17 bits per heavy atom. The van der Waals surface area contributed by atoms with Crippen LogP contribution in [-0.2, 0) is 84.2 Å². The fourth-order valence-corrected chi connectivity index (χ4v) is 11.5. The van der Waals surface area contributed by atoms with Gasteiger partial charge in [-0.15, -0.1) is 0 Å². The third-order valence-corrected chi connectivity index (χ3v) is 19.6. The number of sulfone groups is 3. The van der Waals surface area contributed by atoms with Crippen LogP contribution in [0.5, 0.6) is 0 Å². The van der Waals surface area contributed by atoms with Crippen LogP contribution >= 0.6 is 109 Å². The number of hydrogen-bond acceptors (Lipinski definition) is 34. The van der Waals surface area contributed by atoms with Gasteiger partial charge in [-0.25, -0.2) is 40.2 Å². The van der Waals surface area contributed by atoms with E-state index in [1.807, 2.05) is 27.7 Å². The van der Waals surface area contributed by atoms with Crippen LogP contribution in [0.2, 0.25) is 20.9 Å². The first-order chi connectivity index (χ1) is 52.3. The highest BCUT2D eigenvalue weighted by atomic mass is 35.5. The third kappa shape index (κ3) is 44.9. The first kappa shape index (κ1) is 130. The Labute approximate surface area is 739 Å². The van der Waals surface area contributed by atoms with Gasteiger partial charge in [0.05, 0.1) is 57.9 Å². The molecule has 0 fully saturated rings. The van der Waals surface area contributed by atoms with Crippen LogP contribution in [0.3, 0.4) is 0 Å². The Morgan fingerprint density at radius 2 is 0.842 bits per heavy atom. The average Bonchev–Trinajstić information content (AvgIpc) is 1.52. The molecular formula is C61H105Cl4F6N25O16S8. The summed E-state index contributed by atoms with van der Waals surface area (Å²) in [6.07, 6.45) is 8.26. The van der Waals surface area contributed by atoms with E-state index in [0.29, 0.717) is 27.9 Å². The maximum Gasteiger partial charge on any atom is 0.421 e. The standard InChI is InChI=1S/C12H13ClF3N5O2S.C7H11N3O4S.C7H11N3O2S.C7H13N3O2S.C5HCl2F3N2.C4H4ClN3O2.C4H5N3O2.C3H3N3O2.C3H8S.3CH4S.6CH4/c1-6(2)24(22,23)10-8(5-21(3)20-10)18-9-7(12(14,15)16)4-17-11(13)19-9;1-5(2)15(13,14)7-6(10(11)12)4-9(3)8-7;1-5(2)13-7-6(10(11)12)4-9(3)8-7;1-5(2)13(11,12)7-6(8)4-10(3)9-7;6-3-2(5(8,9)10)1-11-4(7)12-3;1-7-2-3(8(9)10)4(5)6-7;1-6-3-4(2-5-6)7(8)9;7-6(8)3-1-4-5-2-3;1-3(2)4;3*1-2;;;;;;/h4-6H,1-3H3,(H,17,18,19);4-5H,1-3H3;4-5H,1-3H3;4-5H,8H2,1-3H3;1H;2H,1H3;2-3H,1H3;1-2H,(H,4,5);3-4H,1-2H3;3*2H,1H3;6*1H4. The quantitative estimate of drug-likeness (QED) is 0.00953. The number of rotatable bonds is 15. The van der Waals surface area contributed by atoms with Crippen LogP contribution in [0.25, 0.3) is 0 Å². The average molecular weight is 1960 g/mol. The number of thiol groups is 4. The summed E-state index contributed by atoms with van der Waals surface area (Å²) in [6.45, 7) is 17.0. The van der Waals surface area contributed by atoms with Gasteiger partial charge in [0, 0.05) is 72.3 Å². The molecule has 0 saturated carbocycles. The lowest BCUT2D eigenvalue weighted by Crippen LogP contribution is -2.17. The molecule has 0 spiro atoms. The predicted octanol–water partition coefficient (Wildman–Crippen LogP) is 16.5. The van der Waals surface area contributed by atoms with Gasteiger partial charge in [0.15, 0.2) is 10.1 Å². The molecule has 0 atom stereocenters. The SMILES string of the molecule is C.C.C.C.C.C.CC(C)S.CC(C)S(=O)(=O)c1nn(C)cc1N.CC(C)S(=O)(=O)c1nn(C)cc1Nc1nc(Cl)ncc1C(F)(F)F.CC(C)S(=O)(=O)c1nn(C)cc1[N+](=O)[O-].CC(C)Sc1nn(C)cc1[N+](=O)[O-].CS.CS.CS.Cn1cc([N+](=O)[O-])c(Cl)n1.Cn1cc([N+](=O)[O-])cn1.FC(F)(F)c1cnc(Cl)nc1Cl.O=[N+]([O-])c1cn[nH]c1. The molecule has 120 heavy (non-hydrogen) atoms. The number of aromatic amines is 1. The Hall–Kier alpha value is -8.43. The number of nitro groups is 5. The van der Waals surface area contributed by atoms with Crippen molar-refractivity contribution < 1.29 is 76.2 Å². The minimum atomic E-state index is -4.74. The van der Waals surface area contributed by atoms with Crippen molar-refractivity contribution in [3.05, 3.63) is 151 Å². The number of aromatic nitrogens is 18. The first-order valence-electron chi connectivity index (χ1n) is 30.6. The molecule has 9 heterocycles. The van der Waals surface area contributed by atoms with Crippen molar-refractivity contribution in [2.75, 3.05) is 29.8 Å². The lowest BCUT2D eigenvalue weighted by molar-refractivity contribution is -0.388. The number of thioether (sulfide) groups is 1. The molecular weight excluding hydrogens is 1850 g/mol. The number of nitrogens with one attached hydrogen (secondary N) is 2. The second-order valence-corrected chi connectivity index (χ2v) is 33.3. The van der Waals surface area contributed by atoms with Crippen LogP contribution in [-0.4, -0.2) is 184 Å². The summed E-state index contributed by atoms with van der Waals surface area (Å²) >= 11 is 37.2. The van der Waals surface area contributed by atoms with Gasteiger partial charge in [-0.3, -0.25) is 83.8 Å². The summed E-state index contributed by atoms with van der Waals surface area (Å²) in [7, 11) is -1.47. The largest absolute Gasteiger partial charge is 0.421 e. The lowest BCUT2D eigenvalue weighted by atomic mass is 10.3. The molecule has 41 nitrogen and oxygen atoms in total. The van der Waals surface area contributed by atoms with Gasteiger partial charge >= 0.3 is 40.8 Å². The molecule has 0 aliphatic heterocycles. The van der Waals surface area contributed by atoms with Crippen molar-refractivity contribution in [1.82, 2.24) is 88.8 Å². The van der Waals surface area contributed by atoms with E-state index in [2.05, 4.69) is 117 Å². The topological polar surface area (TPSA) is 543 Å². The maximum atomic E-state index is 13.0. The van der Waals surface area contributed by atoms with Gasteiger partial charge in [-0.2, -0.15) is 118 Å². The van der Waals surface area contributed by atoms with Crippen LogP contribution in [0.15, 0.2) is 88.3 Å². The number of anilines is 3. The Balaban J connectivity index is -0.000000167. The molecule has 59 heteroatoms. The van der Waals surface area contributed by atoms with Crippen LogP contribution in [0.4, 0.5) is 72.0 Å². The van der Waals surface area contributed by atoms with E-state index in [4.69, 9.17) is 52.1 Å². The number of nitrogens with two attached hydrogens (primary N) is 1. The van der Waals surface area contributed by atoms with E-state index in [-0.39, 0.29) is 99.2 Å². The zero-order chi connectivity index (χ0) is 89.8. The molecule has 0 radical (unpaired) electrons. The van der Waals surface area contributed by atoms with Crippen molar-refractivity contribution in [2.24, 2.45) is 42.3 Å². The summed E-state index contributed by atoms with van der Waals surface area (Å²) in [4.78, 5) is 61.4. The number of halogens is 10. The molecule has 9 aromatic heterocycles. The van der Waals surface area contributed by atoms with Gasteiger partial charge in [0.2, 0.25) is 50.3 Å². The van der Waals surface area contributed by atoms with Crippen LogP contribution < -0.4 is 11.1 Å². The molecule has 0 aliphatic rings. The molecule has 0 bridgehead atoms. The minimum Gasteiger partial charge on any atom is -0.395 e. The Kier molecular flexibility index (Phi) is 65.0. The fourth-order valence-electron chi connectivity index (χ4n) is 6.55. The molecule has 0 aliphatic carbocycles. The minimum absolute atomic E-state index is 0. The van der Waals surface area contributed by atoms with Crippen LogP contribution in [0, 0.1) is 50.6 Å². The van der Waals surface area contributed by atoms with Gasteiger partial charge in [-0.1, -0.05) is 107 Å². The number of hydrogen-bond donors (Lipinski definition) is 7. The summed E-state index contributed by atoms with van der Waals surface area (Å²) in [5.74, 6) is -0.657. The highest BCUT2D eigenvalue weighted by Gasteiger charge is 2.38. The summed E-state index contributed by atoms with van der Waals surface area (Å²) in [5.41, 5.74) is 2.77. The van der Waals surface area contributed by atoms with Crippen LogP contribution in [0.1, 0.15) is 125 Å². The van der Waals surface area contributed by atoms with Crippen molar-refractivity contribution >= 4 is 184 Å². The Morgan fingerprint density at radius 1 is 0.475 bits per heavy atom. The number of alkyl halides is 6. The monoisotopic (exact) mass is 1950 g/mol. The molecule has 688 valence electrons. The molecule has 0 unspecified atom stereocenters. The van der Waals surface area contributed by atoms with E-state index in [9.17, 15) is 102 Å². The van der Waals surface area contributed by atoms with E-state index in [1.165, 1.54) is 120 Å². The fraction of sp³-hybridized carbons (Fsp3) is 0.525. The first-order valence-corrected chi connectivity index (χ1v) is 40.8. The molecule has 0 saturated heterocycles. The third-order valence-electron chi connectivity index (χ3n) is 11.5. The highest BCUT2D eigenvalue weighted by Crippen LogP contribution is 2.37. The van der Waals surface area contributed by atoms with E-state index in [0.717, 1.165) is 17.1 Å². The van der Waals surface area contributed by atoms with Crippen molar-refractivity contribution in [3.8, 4) is 0 Å². The van der Waals surface area contributed by atoms with E-state index >= 15 is 0 Å². The molecule has 9 rings (SSSR count). The Bertz CT molecular complexity index is 4880. The summed E-state index contributed by atoms with van der Waals surface area (Å²) in [5, 5.41) is 78.4. The molecule has 4 N–H and O–H groups in total. The number of H-pyrrole nitrogens is 1. The van der Waals surface area contributed by atoms with Crippen molar-refractivity contribution in [3.63, 3.8) is 0 Å². The number of nitrogens with zero attached hydrogens (tertiary/aromatic N) is 22. The zero-order valence-corrected chi connectivity index (χ0v) is 73.3. The van der Waals surface area contributed by atoms with Gasteiger partial charge in [0.25, 0.3) is 5.03 Å². The van der Waals surface area contributed by atoms with Crippen molar-refractivity contribution in [2.45, 2.75) is 173 Å². The van der Waals surface area contributed by atoms with Gasteiger partial charge < -0.3 is 11.1 Å². The summed E-state index contributed by atoms with van der Waals surface area (Å²) < 4.78 is 154. The van der Waals surface area contributed by atoms with Gasteiger partial charge in [0.1, 0.15) is 59.3 Å². The molecule has 0 amide bonds. The maximum absolute atomic E-state index is 13.0. The number of aryl methyl sites for hydroxylation is 6. The normalized spacial score (nSPS) is 10.3. The lowest BCUT2D eigenvalue weighted by Gasteiger charge is -2.13. The second kappa shape index (κ2) is 60.1. The number of nitrogen functional groups attached to an aromatic ring is 1. The predicted molar refractivity (Wildman–Crippen MR) is 470 cm³/mol. The van der Waals surface area contributed by atoms with Gasteiger partial charge in [-0.05, 0) is 88.8 Å². The van der Waals surface area contributed by atoms with E-state index in [1.54, 1.807) is 60.8 Å². The summed E-state index contributed by atoms with van der Waals surface area (Å²) in [6, 6.07) is 0.